The topological polar surface area (TPSA) is 111 Å². The van der Waals surface area contributed by atoms with Gasteiger partial charge in [-0.25, -0.2) is 4.57 Å². The number of unbranched alkanes of at least 4 members (excludes halogenated alkanes) is 35. The molecular weight excluding hydrogens is 1050 g/mol. The Kier molecular flexibility index (Phi) is 60.1. The number of rotatable bonds is 63. The predicted molar refractivity (Wildman–Crippen MR) is 360 cm³/mol. The maximum atomic E-state index is 13.6. The highest BCUT2D eigenvalue weighted by Crippen LogP contribution is 2.43. The van der Waals surface area contributed by atoms with Crippen LogP contribution in [0.15, 0.2) is 85.1 Å². The van der Waals surface area contributed by atoms with E-state index in [0.29, 0.717) is 17.4 Å². The summed E-state index contributed by atoms with van der Waals surface area (Å²) in [5.41, 5.74) is 0. The molecule has 0 bridgehead atoms. The fourth-order valence-electron chi connectivity index (χ4n) is 9.90. The summed E-state index contributed by atoms with van der Waals surface area (Å²) in [5, 5.41) is 3.06. The van der Waals surface area contributed by atoms with Crippen molar-refractivity contribution in [2.24, 2.45) is 0 Å². The number of esters is 1. The normalized spacial score (nSPS) is 14.1. The average molecular weight is 1180 g/mol. The lowest BCUT2D eigenvalue weighted by molar-refractivity contribution is -0.870. The van der Waals surface area contributed by atoms with E-state index in [0.717, 1.165) is 103 Å². The molecule has 0 aromatic carbocycles. The minimum absolute atomic E-state index is 0.0338. The fraction of sp³-hybridized carbons (Fsp3) is 0.781. The van der Waals surface area contributed by atoms with Crippen LogP contribution in [-0.2, 0) is 27.9 Å². The lowest BCUT2D eigenvalue weighted by atomic mass is 10.0. The van der Waals surface area contributed by atoms with E-state index in [4.69, 9.17) is 13.8 Å². The Morgan fingerprint density at radius 1 is 0.422 bits per heavy atom. The molecule has 83 heavy (non-hydrogen) atoms. The van der Waals surface area contributed by atoms with Gasteiger partial charge in [-0.1, -0.05) is 280 Å². The molecule has 0 aromatic heterocycles. The van der Waals surface area contributed by atoms with E-state index in [2.05, 4.69) is 99.0 Å². The SMILES string of the molecule is CCCCC/C=C\C/C=C\C/C=C\C/C=C\CCCCCCCC(=O)NC(COP(=O)(O)OCC[N+](C)(C)C)C(/C=C/CCCCCCCCCCC)OC(=O)CCCCCCCCCCCCCCCCC/C=C\C/C=C\CCCCC. The molecule has 0 spiro atoms. The molecule has 0 aliphatic carbocycles. The van der Waals surface area contributed by atoms with Crippen molar-refractivity contribution in [3.8, 4) is 0 Å². The zero-order valence-electron chi connectivity index (χ0n) is 55.2. The number of likely N-dealkylation sites (N-methyl/N-ethyl adjacent to an activating group) is 1. The van der Waals surface area contributed by atoms with Gasteiger partial charge in [-0.2, -0.15) is 0 Å². The van der Waals surface area contributed by atoms with Gasteiger partial charge < -0.3 is 19.4 Å². The second-order valence-corrected chi connectivity index (χ2v) is 26.1. The molecular formula is C73H134N2O7P+. The van der Waals surface area contributed by atoms with Crippen LogP contribution in [0.2, 0.25) is 0 Å². The van der Waals surface area contributed by atoms with Crippen molar-refractivity contribution in [1.82, 2.24) is 5.32 Å². The molecule has 3 atom stereocenters. The van der Waals surface area contributed by atoms with Gasteiger partial charge in [0.05, 0.1) is 33.8 Å². The summed E-state index contributed by atoms with van der Waals surface area (Å²) in [6, 6.07) is -0.862. The van der Waals surface area contributed by atoms with Gasteiger partial charge in [0.1, 0.15) is 19.3 Å². The van der Waals surface area contributed by atoms with Crippen LogP contribution in [0.5, 0.6) is 0 Å². The van der Waals surface area contributed by atoms with E-state index in [1.165, 1.54) is 180 Å². The number of hydrogen-bond acceptors (Lipinski definition) is 6. The number of phosphoric ester groups is 1. The molecule has 482 valence electrons. The van der Waals surface area contributed by atoms with Crippen LogP contribution in [-0.4, -0.2) is 74.3 Å². The summed E-state index contributed by atoms with van der Waals surface area (Å²) in [6.07, 6.45) is 83.1. The Labute approximate surface area is 514 Å². The first-order valence-corrected chi connectivity index (χ1v) is 36.4. The number of amides is 1. The lowest BCUT2D eigenvalue weighted by Crippen LogP contribution is -2.47. The molecule has 0 aliphatic heterocycles. The summed E-state index contributed by atoms with van der Waals surface area (Å²) in [5.74, 6) is -0.521. The van der Waals surface area contributed by atoms with Crippen LogP contribution in [0.25, 0.3) is 0 Å². The first kappa shape index (κ1) is 80.2. The largest absolute Gasteiger partial charge is 0.472 e. The third-order valence-electron chi connectivity index (χ3n) is 15.3. The molecule has 0 aromatic rings. The van der Waals surface area contributed by atoms with Crippen molar-refractivity contribution in [3.05, 3.63) is 85.1 Å². The number of phosphoric acid groups is 1. The summed E-state index contributed by atoms with van der Waals surface area (Å²) in [6.45, 7) is 6.96. The minimum atomic E-state index is -4.46. The van der Waals surface area contributed by atoms with Crippen molar-refractivity contribution in [2.75, 3.05) is 40.9 Å². The van der Waals surface area contributed by atoms with Gasteiger partial charge in [0, 0.05) is 12.8 Å². The quantitative estimate of drug-likeness (QED) is 0.0205. The van der Waals surface area contributed by atoms with Crippen LogP contribution in [0, 0.1) is 0 Å². The zero-order chi connectivity index (χ0) is 60.7. The molecule has 0 radical (unpaired) electrons. The number of carbonyl (C=O) groups is 2. The molecule has 0 heterocycles. The number of quaternary nitrogens is 1. The Morgan fingerprint density at radius 2 is 0.735 bits per heavy atom. The Morgan fingerprint density at radius 3 is 1.12 bits per heavy atom. The smallest absolute Gasteiger partial charge is 0.456 e. The molecule has 0 saturated heterocycles. The van der Waals surface area contributed by atoms with Crippen molar-refractivity contribution in [1.29, 1.82) is 0 Å². The van der Waals surface area contributed by atoms with E-state index in [1.54, 1.807) is 0 Å². The molecule has 0 fully saturated rings. The highest BCUT2D eigenvalue weighted by molar-refractivity contribution is 7.47. The van der Waals surface area contributed by atoms with Crippen LogP contribution in [0.4, 0.5) is 0 Å². The van der Waals surface area contributed by atoms with Crippen LogP contribution in [0.3, 0.4) is 0 Å². The molecule has 0 rings (SSSR count). The standard InChI is InChI=1S/C73H133N2O7P/c1-7-10-13-16-19-22-25-27-29-31-33-35-36-37-38-40-42-44-46-48-51-54-57-60-63-66-73(77)82-71(64-61-58-55-52-49-24-21-18-15-12-9-3)70(69-81-83(78,79)80-68-67-75(4,5)6)74-72(76)65-62-59-56-53-50-47-45-43-41-39-34-32-30-28-26-23-20-17-14-11-8-2/h19-20,22-23,27-30,34,39,43,45,61,64,70-71H,7-18,21,24-26,31-33,35-38,40-42,44,46-60,62-63,65-69H2,1-6H3,(H-,74,76,78,79)/p+1/b22-19-,23-20-,29-27-,30-28-,39-34-,45-43-,64-61+. The molecule has 3 unspecified atom stereocenters. The zero-order valence-corrected chi connectivity index (χ0v) is 56.1. The number of nitrogens with one attached hydrogen (secondary N) is 1. The molecule has 10 heteroatoms. The third kappa shape index (κ3) is 63.5. The Hall–Kier alpha value is -2.81. The van der Waals surface area contributed by atoms with Crippen molar-refractivity contribution >= 4 is 19.7 Å². The molecule has 9 nitrogen and oxygen atoms in total. The maximum absolute atomic E-state index is 13.6. The highest BCUT2D eigenvalue weighted by atomic mass is 31.2. The van der Waals surface area contributed by atoms with Gasteiger partial charge in [-0.05, 0) is 109 Å². The van der Waals surface area contributed by atoms with Crippen molar-refractivity contribution < 1.29 is 37.3 Å². The van der Waals surface area contributed by atoms with E-state index >= 15 is 0 Å². The van der Waals surface area contributed by atoms with Crippen LogP contribution < -0.4 is 5.32 Å². The van der Waals surface area contributed by atoms with E-state index in [9.17, 15) is 19.0 Å². The number of allylic oxidation sites excluding steroid dienone is 13. The fourth-order valence-corrected chi connectivity index (χ4v) is 10.6. The Balaban J connectivity index is 5.07. The summed E-state index contributed by atoms with van der Waals surface area (Å²) in [7, 11) is 1.48. The maximum Gasteiger partial charge on any atom is 0.472 e. The molecule has 0 aliphatic rings. The monoisotopic (exact) mass is 1180 g/mol. The van der Waals surface area contributed by atoms with Gasteiger partial charge in [-0.15, -0.1) is 0 Å². The lowest BCUT2D eigenvalue weighted by Gasteiger charge is -2.27. The van der Waals surface area contributed by atoms with Gasteiger partial charge in [0.25, 0.3) is 0 Å². The average Bonchev–Trinajstić information content (AvgIpc) is 3.51. The Bertz CT molecular complexity index is 1700. The summed E-state index contributed by atoms with van der Waals surface area (Å²) >= 11 is 0. The van der Waals surface area contributed by atoms with Gasteiger partial charge in [0.2, 0.25) is 5.91 Å². The number of carbonyl (C=O) groups excluding carboxylic acids is 2. The van der Waals surface area contributed by atoms with Gasteiger partial charge in [-0.3, -0.25) is 18.6 Å². The number of hydrogen-bond donors (Lipinski definition) is 2. The molecule has 2 N–H and O–H groups in total. The van der Waals surface area contributed by atoms with Crippen molar-refractivity contribution in [3.63, 3.8) is 0 Å². The summed E-state index contributed by atoms with van der Waals surface area (Å²) < 4.78 is 30.8. The van der Waals surface area contributed by atoms with E-state index in [-0.39, 0.29) is 31.5 Å². The molecule has 1 amide bonds. The van der Waals surface area contributed by atoms with E-state index < -0.39 is 20.0 Å². The van der Waals surface area contributed by atoms with E-state index in [1.807, 2.05) is 33.3 Å². The third-order valence-corrected chi connectivity index (χ3v) is 16.3. The second kappa shape index (κ2) is 62.2. The van der Waals surface area contributed by atoms with Gasteiger partial charge in [0.15, 0.2) is 0 Å². The van der Waals surface area contributed by atoms with Crippen LogP contribution in [0.1, 0.15) is 316 Å². The second-order valence-electron chi connectivity index (χ2n) is 24.7. The number of nitrogens with zero attached hydrogens (tertiary/aromatic N) is 1. The molecule has 0 saturated carbocycles. The first-order valence-electron chi connectivity index (χ1n) is 34.9. The first-order chi connectivity index (χ1) is 40.4. The van der Waals surface area contributed by atoms with Crippen molar-refractivity contribution in [2.45, 2.75) is 328 Å². The highest BCUT2D eigenvalue weighted by Gasteiger charge is 2.30. The predicted octanol–water partition coefficient (Wildman–Crippen LogP) is 22.1. The number of ether oxygens (including phenoxy) is 1. The van der Waals surface area contributed by atoms with Gasteiger partial charge >= 0.3 is 13.8 Å². The van der Waals surface area contributed by atoms with Crippen LogP contribution >= 0.6 is 7.82 Å². The minimum Gasteiger partial charge on any atom is -0.456 e. The summed E-state index contributed by atoms with van der Waals surface area (Å²) in [4.78, 5) is 37.8.